The topological polar surface area (TPSA) is 101 Å². The Kier molecular flexibility index (Phi) is 2.94. The Morgan fingerprint density at radius 1 is 1.37 bits per heavy atom. The molecule has 1 atom stereocenters. The van der Waals surface area contributed by atoms with Crippen LogP contribution in [0.5, 0.6) is 0 Å². The first kappa shape index (κ1) is 12.1. The standard InChI is InChI=1S/C11H16N6O2/c12-10-9(17(18)19)11(14-7-13-10)16-5-4-15-3-1-2-8(15)6-16/h7-8H,1-6H2,(H2,12,13,14). The number of rotatable bonds is 2. The van der Waals surface area contributed by atoms with Crippen molar-refractivity contribution in [3.63, 3.8) is 0 Å². The summed E-state index contributed by atoms with van der Waals surface area (Å²) in [6.45, 7) is 3.57. The van der Waals surface area contributed by atoms with E-state index in [1.165, 1.54) is 12.7 Å². The molecule has 8 heteroatoms. The van der Waals surface area contributed by atoms with E-state index in [2.05, 4.69) is 14.9 Å². The van der Waals surface area contributed by atoms with Crippen molar-refractivity contribution in [3.05, 3.63) is 16.4 Å². The van der Waals surface area contributed by atoms with Gasteiger partial charge in [-0.2, -0.15) is 0 Å². The van der Waals surface area contributed by atoms with Crippen LogP contribution in [0.3, 0.4) is 0 Å². The van der Waals surface area contributed by atoms with E-state index < -0.39 is 4.92 Å². The Morgan fingerprint density at radius 2 is 2.21 bits per heavy atom. The Morgan fingerprint density at radius 3 is 3.00 bits per heavy atom. The number of nitrogen functional groups attached to an aromatic ring is 1. The van der Waals surface area contributed by atoms with Crippen LogP contribution in [0.4, 0.5) is 17.3 Å². The predicted octanol–water partition coefficient (Wildman–Crippen LogP) is 0.251. The van der Waals surface area contributed by atoms with Crippen molar-refractivity contribution >= 4 is 17.3 Å². The van der Waals surface area contributed by atoms with Gasteiger partial charge in [-0.3, -0.25) is 15.0 Å². The zero-order valence-corrected chi connectivity index (χ0v) is 10.5. The number of hydrogen-bond acceptors (Lipinski definition) is 7. The Bertz CT molecular complexity index is 508. The molecule has 1 aromatic heterocycles. The van der Waals surface area contributed by atoms with E-state index in [9.17, 15) is 10.1 Å². The second-order valence-corrected chi connectivity index (χ2v) is 4.97. The van der Waals surface area contributed by atoms with Crippen molar-refractivity contribution in [2.45, 2.75) is 18.9 Å². The normalized spacial score (nSPS) is 23.4. The molecule has 102 valence electrons. The Balaban J connectivity index is 1.90. The summed E-state index contributed by atoms with van der Waals surface area (Å²) < 4.78 is 0. The SMILES string of the molecule is Nc1ncnc(N2CCN3CCCC3C2)c1[N+](=O)[O-]. The van der Waals surface area contributed by atoms with Crippen molar-refractivity contribution < 1.29 is 4.92 Å². The van der Waals surface area contributed by atoms with Gasteiger partial charge in [-0.05, 0) is 19.4 Å². The third-order valence-corrected chi connectivity index (χ3v) is 3.90. The quantitative estimate of drug-likeness (QED) is 0.603. The molecule has 2 saturated heterocycles. The summed E-state index contributed by atoms with van der Waals surface area (Å²) in [4.78, 5) is 22.8. The lowest BCUT2D eigenvalue weighted by molar-refractivity contribution is -0.383. The summed E-state index contributed by atoms with van der Waals surface area (Å²) in [5.74, 6) is 0.285. The van der Waals surface area contributed by atoms with E-state index in [1.807, 2.05) is 4.90 Å². The molecular weight excluding hydrogens is 248 g/mol. The van der Waals surface area contributed by atoms with Gasteiger partial charge in [-0.1, -0.05) is 0 Å². The number of aromatic nitrogens is 2. The van der Waals surface area contributed by atoms with Gasteiger partial charge < -0.3 is 10.6 Å². The van der Waals surface area contributed by atoms with Crippen LogP contribution in [-0.4, -0.2) is 52.0 Å². The molecule has 3 heterocycles. The fourth-order valence-corrected chi connectivity index (χ4v) is 2.97. The van der Waals surface area contributed by atoms with Gasteiger partial charge in [0.2, 0.25) is 11.6 Å². The Hall–Kier alpha value is -1.96. The fourth-order valence-electron chi connectivity index (χ4n) is 2.97. The number of fused-ring (bicyclic) bond motifs is 1. The van der Waals surface area contributed by atoms with Crippen LogP contribution in [0.2, 0.25) is 0 Å². The maximum Gasteiger partial charge on any atom is 0.353 e. The molecule has 0 amide bonds. The van der Waals surface area contributed by atoms with Gasteiger partial charge in [0.05, 0.1) is 4.92 Å². The summed E-state index contributed by atoms with van der Waals surface area (Å²) in [6, 6.07) is 0.476. The minimum atomic E-state index is -0.494. The first-order valence-electron chi connectivity index (χ1n) is 6.40. The van der Waals surface area contributed by atoms with Crippen molar-refractivity contribution in [3.8, 4) is 0 Å². The lowest BCUT2D eigenvalue weighted by Gasteiger charge is -2.37. The van der Waals surface area contributed by atoms with E-state index >= 15 is 0 Å². The minimum absolute atomic E-state index is 0.0659. The highest BCUT2D eigenvalue weighted by Crippen LogP contribution is 2.32. The van der Waals surface area contributed by atoms with Crippen LogP contribution in [0.25, 0.3) is 0 Å². The zero-order valence-electron chi connectivity index (χ0n) is 10.5. The molecule has 0 bridgehead atoms. The summed E-state index contributed by atoms with van der Waals surface area (Å²) in [7, 11) is 0. The van der Waals surface area contributed by atoms with E-state index in [1.54, 1.807) is 0 Å². The molecule has 1 aromatic rings. The first-order valence-corrected chi connectivity index (χ1v) is 6.40. The van der Waals surface area contributed by atoms with Crippen LogP contribution in [0.15, 0.2) is 6.33 Å². The van der Waals surface area contributed by atoms with E-state index in [0.717, 1.165) is 32.6 Å². The summed E-state index contributed by atoms with van der Waals surface area (Å²) in [6.07, 6.45) is 3.63. The van der Waals surface area contributed by atoms with E-state index in [-0.39, 0.29) is 11.5 Å². The van der Waals surface area contributed by atoms with Gasteiger partial charge >= 0.3 is 5.69 Å². The van der Waals surface area contributed by atoms with Crippen LogP contribution < -0.4 is 10.6 Å². The molecule has 0 saturated carbocycles. The predicted molar refractivity (Wildman–Crippen MR) is 69.9 cm³/mol. The van der Waals surface area contributed by atoms with Gasteiger partial charge in [0.15, 0.2) is 0 Å². The van der Waals surface area contributed by atoms with E-state index in [0.29, 0.717) is 11.9 Å². The second-order valence-electron chi connectivity index (χ2n) is 4.97. The minimum Gasteiger partial charge on any atom is -0.378 e. The van der Waals surface area contributed by atoms with Gasteiger partial charge in [0, 0.05) is 25.7 Å². The molecule has 2 aliphatic heterocycles. The summed E-state index contributed by atoms with van der Waals surface area (Å²) >= 11 is 0. The maximum atomic E-state index is 11.1. The number of hydrogen-bond donors (Lipinski definition) is 1. The van der Waals surface area contributed by atoms with Crippen molar-refractivity contribution in [1.82, 2.24) is 14.9 Å². The van der Waals surface area contributed by atoms with Crippen molar-refractivity contribution in [2.75, 3.05) is 36.8 Å². The molecule has 2 aliphatic rings. The maximum absolute atomic E-state index is 11.1. The highest BCUT2D eigenvalue weighted by atomic mass is 16.6. The molecule has 0 aromatic carbocycles. The highest BCUT2D eigenvalue weighted by Gasteiger charge is 2.34. The summed E-state index contributed by atoms with van der Waals surface area (Å²) in [5.41, 5.74) is 5.43. The Labute approximate surface area is 110 Å². The number of anilines is 2. The van der Waals surface area contributed by atoms with Gasteiger partial charge in [0.25, 0.3) is 0 Å². The van der Waals surface area contributed by atoms with Crippen LogP contribution in [0.1, 0.15) is 12.8 Å². The molecule has 8 nitrogen and oxygen atoms in total. The van der Waals surface area contributed by atoms with Crippen LogP contribution in [-0.2, 0) is 0 Å². The molecule has 1 unspecified atom stereocenters. The van der Waals surface area contributed by atoms with Gasteiger partial charge in [-0.15, -0.1) is 0 Å². The van der Waals surface area contributed by atoms with Gasteiger partial charge in [0.1, 0.15) is 6.33 Å². The zero-order chi connectivity index (χ0) is 13.4. The van der Waals surface area contributed by atoms with Crippen molar-refractivity contribution in [1.29, 1.82) is 0 Å². The molecule has 0 spiro atoms. The summed E-state index contributed by atoms with van der Waals surface area (Å²) in [5, 5.41) is 11.1. The third-order valence-electron chi connectivity index (χ3n) is 3.90. The van der Waals surface area contributed by atoms with Crippen LogP contribution in [0, 0.1) is 10.1 Å². The monoisotopic (exact) mass is 264 g/mol. The lowest BCUT2D eigenvalue weighted by Crippen LogP contribution is -2.50. The fraction of sp³-hybridized carbons (Fsp3) is 0.636. The van der Waals surface area contributed by atoms with Crippen molar-refractivity contribution in [2.24, 2.45) is 0 Å². The van der Waals surface area contributed by atoms with Crippen LogP contribution >= 0.6 is 0 Å². The second kappa shape index (κ2) is 4.61. The molecule has 3 rings (SSSR count). The smallest absolute Gasteiger partial charge is 0.353 e. The molecule has 0 radical (unpaired) electrons. The van der Waals surface area contributed by atoms with E-state index in [4.69, 9.17) is 5.73 Å². The number of nitrogens with two attached hydrogens (primary N) is 1. The molecule has 2 fully saturated rings. The molecular formula is C11H16N6O2. The average Bonchev–Trinajstić information content (AvgIpc) is 2.85. The number of piperazine rings is 1. The van der Waals surface area contributed by atoms with Gasteiger partial charge in [-0.25, -0.2) is 9.97 Å². The third kappa shape index (κ3) is 2.07. The number of nitrogens with zero attached hydrogens (tertiary/aromatic N) is 5. The highest BCUT2D eigenvalue weighted by molar-refractivity contribution is 5.68. The number of nitro groups is 1. The average molecular weight is 264 g/mol. The lowest BCUT2D eigenvalue weighted by atomic mass is 10.1. The molecule has 0 aliphatic carbocycles. The first-order chi connectivity index (χ1) is 9.16. The molecule has 19 heavy (non-hydrogen) atoms. The molecule has 2 N–H and O–H groups in total. The largest absolute Gasteiger partial charge is 0.378 e.